The Hall–Kier alpha value is -1.58. The van der Waals surface area contributed by atoms with Crippen LogP contribution in [0.4, 0.5) is 0 Å². The van der Waals surface area contributed by atoms with Crippen LogP contribution in [0.2, 0.25) is 0 Å². The van der Waals surface area contributed by atoms with Gasteiger partial charge >= 0.3 is 0 Å². The number of nitrogens with zero attached hydrogens (tertiary/aromatic N) is 2. The second-order valence-electron chi connectivity index (χ2n) is 4.59. The van der Waals surface area contributed by atoms with Gasteiger partial charge in [-0.25, -0.2) is 0 Å². The Bertz CT molecular complexity index is 460. The van der Waals surface area contributed by atoms with Gasteiger partial charge in [-0.05, 0) is 37.7 Å². The number of hydrogen-bond donors (Lipinski definition) is 0. The largest absolute Gasteiger partial charge is 0.493 e. The molecule has 0 radical (unpaired) electrons. The van der Waals surface area contributed by atoms with Crippen LogP contribution in [0, 0.1) is 0 Å². The highest BCUT2D eigenvalue weighted by Crippen LogP contribution is 2.26. The van der Waals surface area contributed by atoms with Crippen LogP contribution in [0.25, 0.3) is 0 Å². The van der Waals surface area contributed by atoms with E-state index >= 15 is 0 Å². The van der Waals surface area contributed by atoms with Crippen molar-refractivity contribution < 1.29 is 9.53 Å². The van der Waals surface area contributed by atoms with Gasteiger partial charge in [-0.15, -0.1) is 0 Å². The standard InChI is InChI=1S/C14H20N2O2/c1-3-9-16-13(12(18-2)10-15-16)14(17)11-7-5-4-6-8-11/h7,10H,3-6,8-9H2,1-2H3. The van der Waals surface area contributed by atoms with Crippen LogP contribution in [0.1, 0.15) is 49.5 Å². The lowest BCUT2D eigenvalue weighted by molar-refractivity contribution is 0.101. The molecule has 0 aromatic carbocycles. The highest BCUT2D eigenvalue weighted by atomic mass is 16.5. The fourth-order valence-electron chi connectivity index (χ4n) is 2.32. The van der Waals surface area contributed by atoms with E-state index in [-0.39, 0.29) is 5.78 Å². The van der Waals surface area contributed by atoms with Crippen LogP contribution < -0.4 is 4.74 Å². The molecule has 1 aliphatic rings. The Labute approximate surface area is 108 Å². The maximum absolute atomic E-state index is 12.5. The number of methoxy groups -OCH3 is 1. The molecule has 0 bridgehead atoms. The fourth-order valence-corrected chi connectivity index (χ4v) is 2.32. The number of ketones is 1. The predicted octanol–water partition coefficient (Wildman–Crippen LogP) is 2.98. The Morgan fingerprint density at radius 3 is 2.94 bits per heavy atom. The van der Waals surface area contributed by atoms with Gasteiger partial charge in [0, 0.05) is 6.54 Å². The van der Waals surface area contributed by atoms with E-state index in [2.05, 4.69) is 18.1 Å². The minimum absolute atomic E-state index is 0.0810. The van der Waals surface area contributed by atoms with Crippen LogP contribution in [-0.2, 0) is 6.54 Å². The van der Waals surface area contributed by atoms with Crippen LogP contribution in [-0.4, -0.2) is 22.7 Å². The van der Waals surface area contributed by atoms with Gasteiger partial charge in [-0.1, -0.05) is 13.0 Å². The van der Waals surface area contributed by atoms with E-state index in [9.17, 15) is 4.79 Å². The van der Waals surface area contributed by atoms with E-state index in [1.807, 2.05) is 0 Å². The van der Waals surface area contributed by atoms with Crippen molar-refractivity contribution in [2.45, 2.75) is 45.6 Å². The summed E-state index contributed by atoms with van der Waals surface area (Å²) in [5.74, 6) is 0.664. The van der Waals surface area contributed by atoms with Crippen molar-refractivity contribution in [1.29, 1.82) is 0 Å². The third-order valence-electron chi connectivity index (χ3n) is 3.26. The second-order valence-corrected chi connectivity index (χ2v) is 4.59. The van der Waals surface area contributed by atoms with Crippen molar-refractivity contribution in [3.63, 3.8) is 0 Å². The topological polar surface area (TPSA) is 44.1 Å². The van der Waals surface area contributed by atoms with Crippen molar-refractivity contribution in [3.8, 4) is 5.75 Å². The lowest BCUT2D eigenvalue weighted by Gasteiger charge is -2.13. The Morgan fingerprint density at radius 2 is 2.33 bits per heavy atom. The van der Waals surface area contributed by atoms with Gasteiger partial charge < -0.3 is 4.74 Å². The van der Waals surface area contributed by atoms with E-state index < -0.39 is 0 Å². The molecule has 0 saturated heterocycles. The van der Waals surface area contributed by atoms with E-state index in [4.69, 9.17) is 4.74 Å². The van der Waals surface area contributed by atoms with E-state index in [1.165, 1.54) is 6.42 Å². The third kappa shape index (κ3) is 2.47. The lowest BCUT2D eigenvalue weighted by atomic mass is 9.95. The van der Waals surface area contributed by atoms with Crippen LogP contribution in [0.15, 0.2) is 17.8 Å². The van der Waals surface area contributed by atoms with Crippen molar-refractivity contribution >= 4 is 5.78 Å². The summed E-state index contributed by atoms with van der Waals surface area (Å²) in [6, 6.07) is 0. The van der Waals surface area contributed by atoms with Gasteiger partial charge in [0.2, 0.25) is 5.78 Å². The summed E-state index contributed by atoms with van der Waals surface area (Å²) in [4.78, 5) is 12.5. The molecule has 4 heteroatoms. The zero-order valence-corrected chi connectivity index (χ0v) is 11.1. The Kier molecular flexibility index (Phi) is 4.18. The van der Waals surface area contributed by atoms with Gasteiger partial charge in [0.1, 0.15) is 0 Å². The Morgan fingerprint density at radius 1 is 1.50 bits per heavy atom. The highest BCUT2D eigenvalue weighted by Gasteiger charge is 2.23. The first-order valence-electron chi connectivity index (χ1n) is 6.61. The summed E-state index contributed by atoms with van der Waals surface area (Å²) < 4.78 is 7.01. The average Bonchev–Trinajstić information content (AvgIpc) is 2.82. The molecular weight excluding hydrogens is 228 g/mol. The van der Waals surface area contributed by atoms with E-state index in [1.54, 1.807) is 18.0 Å². The first-order valence-corrected chi connectivity index (χ1v) is 6.61. The molecule has 0 N–H and O–H groups in total. The van der Waals surface area contributed by atoms with Crippen molar-refractivity contribution in [3.05, 3.63) is 23.5 Å². The number of carbonyl (C=O) groups excluding carboxylic acids is 1. The summed E-state index contributed by atoms with van der Waals surface area (Å²) in [7, 11) is 1.58. The minimum Gasteiger partial charge on any atom is -0.493 e. The molecule has 0 spiro atoms. The smallest absolute Gasteiger partial charge is 0.210 e. The van der Waals surface area contributed by atoms with Crippen molar-refractivity contribution in [1.82, 2.24) is 9.78 Å². The number of allylic oxidation sites excluding steroid dienone is 2. The summed E-state index contributed by atoms with van der Waals surface area (Å²) in [6.07, 6.45) is 8.81. The summed E-state index contributed by atoms with van der Waals surface area (Å²) in [5, 5.41) is 4.24. The van der Waals surface area contributed by atoms with Gasteiger partial charge in [0.05, 0.1) is 13.3 Å². The SMILES string of the molecule is CCCn1ncc(OC)c1C(=O)C1=CCCCC1. The lowest BCUT2D eigenvalue weighted by Crippen LogP contribution is -2.14. The molecule has 1 aromatic rings. The monoisotopic (exact) mass is 248 g/mol. The maximum Gasteiger partial charge on any atom is 0.210 e. The van der Waals surface area contributed by atoms with Crippen molar-refractivity contribution in [2.24, 2.45) is 0 Å². The Balaban J connectivity index is 2.32. The molecule has 0 amide bonds. The quantitative estimate of drug-likeness (QED) is 0.752. The zero-order valence-electron chi connectivity index (χ0n) is 11.1. The first-order chi connectivity index (χ1) is 8.77. The molecule has 0 aliphatic heterocycles. The van der Waals surface area contributed by atoms with Gasteiger partial charge in [-0.3, -0.25) is 9.48 Å². The molecule has 4 nitrogen and oxygen atoms in total. The van der Waals surface area contributed by atoms with E-state index in [0.29, 0.717) is 11.4 Å². The van der Waals surface area contributed by atoms with Crippen LogP contribution >= 0.6 is 0 Å². The molecular formula is C14H20N2O2. The molecule has 2 rings (SSSR count). The number of aromatic nitrogens is 2. The van der Waals surface area contributed by atoms with Gasteiger partial charge in [0.15, 0.2) is 11.4 Å². The predicted molar refractivity (Wildman–Crippen MR) is 70.0 cm³/mol. The number of aryl methyl sites for hydroxylation is 1. The normalized spacial score (nSPS) is 15.3. The summed E-state index contributed by atoms with van der Waals surface area (Å²) in [6.45, 7) is 2.82. The highest BCUT2D eigenvalue weighted by molar-refractivity contribution is 6.09. The molecule has 1 aromatic heterocycles. The van der Waals surface area contributed by atoms with Crippen LogP contribution in [0.5, 0.6) is 5.75 Å². The molecule has 1 heterocycles. The van der Waals surface area contributed by atoms with Crippen LogP contribution in [0.3, 0.4) is 0 Å². The molecule has 18 heavy (non-hydrogen) atoms. The fraction of sp³-hybridized carbons (Fsp3) is 0.571. The third-order valence-corrected chi connectivity index (χ3v) is 3.26. The number of ether oxygens (including phenoxy) is 1. The number of hydrogen-bond acceptors (Lipinski definition) is 3. The molecule has 1 aliphatic carbocycles. The minimum atomic E-state index is 0.0810. The van der Waals surface area contributed by atoms with Gasteiger partial charge in [-0.2, -0.15) is 5.10 Å². The molecule has 0 unspecified atom stereocenters. The van der Waals surface area contributed by atoms with E-state index in [0.717, 1.165) is 37.8 Å². The van der Waals surface area contributed by atoms with Crippen molar-refractivity contribution in [2.75, 3.05) is 7.11 Å². The summed E-state index contributed by atoms with van der Waals surface area (Å²) in [5.41, 5.74) is 1.52. The first kappa shape index (κ1) is 12.9. The molecule has 0 saturated carbocycles. The molecule has 0 atom stereocenters. The molecule has 98 valence electrons. The second kappa shape index (κ2) is 5.85. The van der Waals surface area contributed by atoms with Gasteiger partial charge in [0.25, 0.3) is 0 Å². The average molecular weight is 248 g/mol. The zero-order chi connectivity index (χ0) is 13.0. The molecule has 0 fully saturated rings. The number of carbonyl (C=O) groups is 1. The number of rotatable bonds is 5. The summed E-state index contributed by atoms with van der Waals surface area (Å²) >= 11 is 0. The number of Topliss-reactive ketones (excluding diaryl/α,β-unsaturated/α-hetero) is 1. The maximum atomic E-state index is 12.5.